The van der Waals surface area contributed by atoms with E-state index in [0.29, 0.717) is 18.0 Å². The van der Waals surface area contributed by atoms with Gasteiger partial charge in [-0.3, -0.25) is 14.5 Å². The van der Waals surface area contributed by atoms with Crippen LogP contribution in [0.15, 0.2) is 29.1 Å². The summed E-state index contributed by atoms with van der Waals surface area (Å²) in [6.07, 6.45) is 2.46. The topological polar surface area (TPSA) is 67.2 Å². The zero-order valence-electron chi connectivity index (χ0n) is 14.3. The van der Waals surface area contributed by atoms with Crippen molar-refractivity contribution in [1.82, 2.24) is 20.0 Å². The Labute approximate surface area is 141 Å². The molecule has 1 fully saturated rings. The number of carbonyl (C=O) groups is 1. The maximum absolute atomic E-state index is 12.5. The van der Waals surface area contributed by atoms with Crippen molar-refractivity contribution in [3.8, 4) is 0 Å². The first kappa shape index (κ1) is 16.6. The summed E-state index contributed by atoms with van der Waals surface area (Å²) in [6, 6.07) is 7.68. The van der Waals surface area contributed by atoms with E-state index in [0.717, 1.165) is 24.2 Å². The summed E-state index contributed by atoms with van der Waals surface area (Å²) >= 11 is 0. The van der Waals surface area contributed by atoms with Gasteiger partial charge in [0.25, 0.3) is 5.56 Å². The van der Waals surface area contributed by atoms with E-state index in [1.165, 1.54) is 17.5 Å². The molecule has 1 aliphatic heterocycles. The Hall–Kier alpha value is -2.21. The van der Waals surface area contributed by atoms with Gasteiger partial charge in [-0.2, -0.15) is 5.10 Å². The van der Waals surface area contributed by atoms with Gasteiger partial charge in [0, 0.05) is 18.0 Å². The van der Waals surface area contributed by atoms with Crippen LogP contribution in [-0.2, 0) is 11.3 Å². The summed E-state index contributed by atoms with van der Waals surface area (Å²) in [7, 11) is 0. The maximum Gasteiger partial charge on any atom is 0.275 e. The van der Waals surface area contributed by atoms with Gasteiger partial charge < -0.3 is 5.32 Å². The number of aromatic nitrogens is 2. The standard InChI is InChI=1S/C18H24N4O2/c1-13(21-9-5-6-10-21)11-19-17(23)12-22-18(24)16-8-4-3-7-15(16)14(2)20-22/h3-4,7-8,13H,5-6,9-12H2,1-2H3,(H,19,23). The number of hydrogen-bond donors (Lipinski definition) is 1. The highest BCUT2D eigenvalue weighted by atomic mass is 16.2. The van der Waals surface area contributed by atoms with Crippen molar-refractivity contribution in [3.05, 3.63) is 40.3 Å². The van der Waals surface area contributed by atoms with Crippen LogP contribution >= 0.6 is 0 Å². The quantitative estimate of drug-likeness (QED) is 0.898. The average molecular weight is 328 g/mol. The van der Waals surface area contributed by atoms with Crippen molar-refractivity contribution in [2.75, 3.05) is 19.6 Å². The van der Waals surface area contributed by atoms with Crippen LogP contribution < -0.4 is 10.9 Å². The van der Waals surface area contributed by atoms with E-state index < -0.39 is 0 Å². The predicted octanol–water partition coefficient (Wildman–Crippen LogP) is 1.31. The van der Waals surface area contributed by atoms with Crippen LogP contribution in [0.4, 0.5) is 0 Å². The molecule has 0 radical (unpaired) electrons. The molecule has 24 heavy (non-hydrogen) atoms. The monoisotopic (exact) mass is 328 g/mol. The molecule has 1 N–H and O–H groups in total. The molecule has 128 valence electrons. The van der Waals surface area contributed by atoms with Crippen molar-refractivity contribution in [2.24, 2.45) is 0 Å². The molecule has 0 saturated carbocycles. The summed E-state index contributed by atoms with van der Waals surface area (Å²) in [6.45, 7) is 6.73. The minimum Gasteiger partial charge on any atom is -0.353 e. The lowest BCUT2D eigenvalue weighted by atomic mass is 10.1. The third kappa shape index (κ3) is 3.48. The van der Waals surface area contributed by atoms with E-state index in [2.05, 4.69) is 22.2 Å². The molecule has 1 aliphatic rings. The van der Waals surface area contributed by atoms with Crippen LogP contribution in [0.2, 0.25) is 0 Å². The van der Waals surface area contributed by atoms with E-state index in [-0.39, 0.29) is 18.0 Å². The molecule has 1 unspecified atom stereocenters. The second-order valence-corrected chi connectivity index (χ2v) is 6.49. The minimum atomic E-state index is -0.223. The molecule has 2 aromatic rings. The first-order valence-corrected chi connectivity index (χ1v) is 8.53. The molecule has 1 amide bonds. The number of nitrogens with zero attached hydrogens (tertiary/aromatic N) is 3. The van der Waals surface area contributed by atoms with Crippen LogP contribution in [0.25, 0.3) is 10.8 Å². The summed E-state index contributed by atoms with van der Waals surface area (Å²) in [5.41, 5.74) is 0.530. The molecule has 1 atom stereocenters. The van der Waals surface area contributed by atoms with Crippen molar-refractivity contribution in [1.29, 1.82) is 0 Å². The number of hydrogen-bond acceptors (Lipinski definition) is 4. The van der Waals surface area contributed by atoms with Gasteiger partial charge in [-0.1, -0.05) is 18.2 Å². The Morgan fingerprint density at radius 2 is 1.92 bits per heavy atom. The largest absolute Gasteiger partial charge is 0.353 e. The van der Waals surface area contributed by atoms with Crippen LogP contribution in [0.1, 0.15) is 25.5 Å². The second kappa shape index (κ2) is 7.13. The predicted molar refractivity (Wildman–Crippen MR) is 94.0 cm³/mol. The molecule has 0 spiro atoms. The maximum atomic E-state index is 12.5. The van der Waals surface area contributed by atoms with Gasteiger partial charge in [-0.15, -0.1) is 0 Å². The Kier molecular flexibility index (Phi) is 4.94. The van der Waals surface area contributed by atoms with Crippen molar-refractivity contribution >= 4 is 16.7 Å². The number of nitrogens with one attached hydrogen (secondary N) is 1. The van der Waals surface area contributed by atoms with Gasteiger partial charge in [0.05, 0.1) is 11.1 Å². The summed E-state index contributed by atoms with van der Waals surface area (Å²) in [4.78, 5) is 27.1. The van der Waals surface area contributed by atoms with Gasteiger partial charge in [0.1, 0.15) is 6.54 Å². The lowest BCUT2D eigenvalue weighted by Gasteiger charge is -2.23. The number of likely N-dealkylation sites (tertiary alicyclic amines) is 1. The SMILES string of the molecule is Cc1nn(CC(=O)NCC(C)N2CCCC2)c(=O)c2ccccc12. The number of rotatable bonds is 5. The van der Waals surface area contributed by atoms with Gasteiger partial charge >= 0.3 is 0 Å². The molecular formula is C18H24N4O2. The van der Waals surface area contributed by atoms with Crippen molar-refractivity contribution in [3.63, 3.8) is 0 Å². The molecule has 0 aliphatic carbocycles. The molecule has 2 heterocycles. The average Bonchev–Trinajstić information content (AvgIpc) is 3.12. The Bertz CT molecular complexity index is 793. The summed E-state index contributed by atoms with van der Waals surface area (Å²) < 4.78 is 1.26. The highest BCUT2D eigenvalue weighted by molar-refractivity contribution is 5.83. The van der Waals surface area contributed by atoms with Gasteiger partial charge in [0.2, 0.25) is 5.91 Å². The fourth-order valence-electron chi connectivity index (χ4n) is 3.28. The zero-order valence-corrected chi connectivity index (χ0v) is 14.3. The first-order valence-electron chi connectivity index (χ1n) is 8.53. The Balaban J connectivity index is 1.67. The number of benzene rings is 1. The molecule has 3 rings (SSSR count). The van der Waals surface area contributed by atoms with E-state index in [9.17, 15) is 9.59 Å². The van der Waals surface area contributed by atoms with E-state index >= 15 is 0 Å². The Morgan fingerprint density at radius 1 is 1.25 bits per heavy atom. The summed E-state index contributed by atoms with van der Waals surface area (Å²) in [5.74, 6) is -0.176. The van der Waals surface area contributed by atoms with E-state index in [4.69, 9.17) is 0 Å². The lowest BCUT2D eigenvalue weighted by Crippen LogP contribution is -2.42. The van der Waals surface area contributed by atoms with E-state index in [1.807, 2.05) is 25.1 Å². The zero-order chi connectivity index (χ0) is 17.1. The van der Waals surface area contributed by atoms with E-state index in [1.54, 1.807) is 6.07 Å². The van der Waals surface area contributed by atoms with Crippen LogP contribution in [0.3, 0.4) is 0 Å². The summed E-state index contributed by atoms with van der Waals surface area (Å²) in [5, 5.41) is 8.64. The fourth-order valence-corrected chi connectivity index (χ4v) is 3.28. The van der Waals surface area contributed by atoms with Gasteiger partial charge in [-0.25, -0.2) is 4.68 Å². The van der Waals surface area contributed by atoms with Gasteiger partial charge in [0.15, 0.2) is 0 Å². The molecule has 1 saturated heterocycles. The third-order valence-electron chi connectivity index (χ3n) is 4.70. The number of carbonyl (C=O) groups excluding carboxylic acids is 1. The van der Waals surface area contributed by atoms with Crippen LogP contribution in [-0.4, -0.2) is 46.3 Å². The molecule has 1 aromatic carbocycles. The van der Waals surface area contributed by atoms with Crippen LogP contribution in [0, 0.1) is 6.92 Å². The van der Waals surface area contributed by atoms with Crippen molar-refractivity contribution < 1.29 is 4.79 Å². The second-order valence-electron chi connectivity index (χ2n) is 6.49. The molecule has 1 aromatic heterocycles. The highest BCUT2D eigenvalue weighted by Gasteiger charge is 2.18. The molecular weight excluding hydrogens is 304 g/mol. The molecule has 0 bridgehead atoms. The van der Waals surface area contributed by atoms with Crippen molar-refractivity contribution in [2.45, 2.75) is 39.3 Å². The smallest absolute Gasteiger partial charge is 0.275 e. The molecule has 6 heteroatoms. The highest BCUT2D eigenvalue weighted by Crippen LogP contribution is 2.12. The third-order valence-corrected chi connectivity index (χ3v) is 4.70. The van der Waals surface area contributed by atoms with Crippen LogP contribution in [0.5, 0.6) is 0 Å². The Morgan fingerprint density at radius 3 is 2.62 bits per heavy atom. The number of amides is 1. The van der Waals surface area contributed by atoms with Gasteiger partial charge in [-0.05, 0) is 45.8 Å². The fraction of sp³-hybridized carbons (Fsp3) is 0.500. The number of aryl methyl sites for hydroxylation is 1. The number of fused-ring (bicyclic) bond motifs is 1. The minimum absolute atomic E-state index is 0.0444. The molecule has 6 nitrogen and oxygen atoms in total. The first-order chi connectivity index (χ1) is 11.6. The normalized spacial score (nSPS) is 16.4. The lowest BCUT2D eigenvalue weighted by molar-refractivity contribution is -0.122.